The molecule has 0 amide bonds. The molecule has 0 N–H and O–H groups in total. The van der Waals surface area contributed by atoms with E-state index in [1.54, 1.807) is 0 Å². The SMILES string of the molecule is c1ccc(B2c3ccccc3Oc3c2cc2ccc4c(-c5ccccc5)cc(-c5ccccc5)c5ccc3c2c45)cc1. The van der Waals surface area contributed by atoms with Gasteiger partial charge >= 0.3 is 0 Å². The number of hydrogen-bond acceptors (Lipinski definition) is 1. The van der Waals surface area contributed by atoms with Crippen LogP contribution in [0.5, 0.6) is 11.5 Å². The Labute approximate surface area is 245 Å². The molecular weight excluding hydrogens is 507 g/mol. The molecule has 1 aliphatic rings. The minimum Gasteiger partial charge on any atom is -0.458 e. The molecule has 0 bridgehead atoms. The highest BCUT2D eigenvalue weighted by Gasteiger charge is 2.34. The Morgan fingerprint density at radius 3 is 1.69 bits per heavy atom. The van der Waals surface area contributed by atoms with Crippen LogP contribution in [0.4, 0.5) is 0 Å². The quantitative estimate of drug-likeness (QED) is 0.164. The summed E-state index contributed by atoms with van der Waals surface area (Å²) in [6.45, 7) is 0.104. The average molecular weight is 532 g/mol. The second-order valence-electron chi connectivity index (χ2n) is 11.2. The zero-order valence-electron chi connectivity index (χ0n) is 22.9. The zero-order valence-corrected chi connectivity index (χ0v) is 22.9. The Balaban J connectivity index is 1.41. The van der Waals surface area contributed by atoms with E-state index in [9.17, 15) is 0 Å². The smallest absolute Gasteiger partial charge is 0.251 e. The van der Waals surface area contributed by atoms with Crippen molar-refractivity contribution >= 4 is 55.4 Å². The fourth-order valence-electron chi connectivity index (χ4n) is 7.10. The van der Waals surface area contributed by atoms with Gasteiger partial charge in [0.25, 0.3) is 6.71 Å². The predicted molar refractivity (Wildman–Crippen MR) is 179 cm³/mol. The molecule has 1 nitrogen and oxygen atoms in total. The minimum absolute atomic E-state index is 0.104. The van der Waals surface area contributed by atoms with Crippen LogP contribution < -0.4 is 21.1 Å². The molecule has 8 aromatic carbocycles. The second-order valence-corrected chi connectivity index (χ2v) is 11.2. The van der Waals surface area contributed by atoms with Gasteiger partial charge in [-0.05, 0) is 72.9 Å². The van der Waals surface area contributed by atoms with Gasteiger partial charge in [0, 0.05) is 10.8 Å². The number of ether oxygens (including phenoxy) is 1. The van der Waals surface area contributed by atoms with Gasteiger partial charge in [0.15, 0.2) is 0 Å². The molecule has 1 heterocycles. The summed E-state index contributed by atoms with van der Waals surface area (Å²) >= 11 is 0. The average Bonchev–Trinajstić information content (AvgIpc) is 3.07. The molecule has 0 aliphatic carbocycles. The lowest BCUT2D eigenvalue weighted by Gasteiger charge is -2.29. The highest BCUT2D eigenvalue weighted by atomic mass is 16.5. The van der Waals surface area contributed by atoms with Crippen molar-refractivity contribution in [3.05, 3.63) is 152 Å². The van der Waals surface area contributed by atoms with E-state index in [1.807, 2.05) is 0 Å². The van der Waals surface area contributed by atoms with Crippen molar-refractivity contribution < 1.29 is 4.74 Å². The van der Waals surface area contributed by atoms with Crippen LogP contribution in [-0.4, -0.2) is 6.71 Å². The van der Waals surface area contributed by atoms with Crippen LogP contribution >= 0.6 is 0 Å². The Kier molecular flexibility index (Phi) is 5.06. The van der Waals surface area contributed by atoms with Crippen molar-refractivity contribution in [2.45, 2.75) is 0 Å². The first-order chi connectivity index (χ1) is 20.8. The molecule has 194 valence electrons. The third-order valence-electron chi connectivity index (χ3n) is 8.94. The van der Waals surface area contributed by atoms with E-state index >= 15 is 0 Å². The lowest BCUT2D eigenvalue weighted by Crippen LogP contribution is -2.54. The van der Waals surface area contributed by atoms with Gasteiger partial charge in [-0.1, -0.05) is 139 Å². The molecule has 2 heteroatoms. The van der Waals surface area contributed by atoms with Crippen LogP contribution in [0.2, 0.25) is 0 Å². The van der Waals surface area contributed by atoms with Gasteiger partial charge in [0.2, 0.25) is 0 Å². The summed E-state index contributed by atoms with van der Waals surface area (Å²) < 4.78 is 6.82. The normalized spacial score (nSPS) is 12.4. The summed E-state index contributed by atoms with van der Waals surface area (Å²) in [5.74, 6) is 1.90. The molecule has 0 atom stereocenters. The van der Waals surface area contributed by atoms with Gasteiger partial charge in [0.1, 0.15) is 11.5 Å². The first kappa shape index (κ1) is 23.4. The van der Waals surface area contributed by atoms with Crippen LogP contribution in [0, 0.1) is 0 Å². The summed E-state index contributed by atoms with van der Waals surface area (Å²) in [7, 11) is 0. The minimum atomic E-state index is 0.104. The van der Waals surface area contributed by atoms with Gasteiger partial charge in [0.05, 0.1) is 0 Å². The largest absolute Gasteiger partial charge is 0.458 e. The Morgan fingerprint density at radius 2 is 1.00 bits per heavy atom. The molecule has 0 unspecified atom stereocenters. The zero-order chi connectivity index (χ0) is 27.6. The van der Waals surface area contributed by atoms with Crippen LogP contribution in [0.1, 0.15) is 0 Å². The van der Waals surface area contributed by atoms with Crippen LogP contribution in [0.25, 0.3) is 54.6 Å². The molecule has 9 rings (SSSR count). The van der Waals surface area contributed by atoms with E-state index < -0.39 is 0 Å². The molecule has 0 spiro atoms. The van der Waals surface area contributed by atoms with Crippen molar-refractivity contribution in [2.24, 2.45) is 0 Å². The van der Waals surface area contributed by atoms with E-state index in [0.717, 1.165) is 11.5 Å². The van der Waals surface area contributed by atoms with Crippen molar-refractivity contribution in [3.8, 4) is 33.8 Å². The van der Waals surface area contributed by atoms with Crippen molar-refractivity contribution in [3.63, 3.8) is 0 Å². The third-order valence-corrected chi connectivity index (χ3v) is 8.94. The molecule has 8 aromatic rings. The molecule has 0 aromatic heterocycles. The fraction of sp³-hybridized carbons (Fsp3) is 0. The van der Waals surface area contributed by atoms with E-state index in [1.165, 1.54) is 71.0 Å². The number of para-hydroxylation sites is 1. The van der Waals surface area contributed by atoms with Crippen molar-refractivity contribution in [1.82, 2.24) is 0 Å². The maximum Gasteiger partial charge on any atom is 0.251 e. The van der Waals surface area contributed by atoms with E-state index in [-0.39, 0.29) is 6.71 Å². The third kappa shape index (κ3) is 3.39. The molecule has 42 heavy (non-hydrogen) atoms. The van der Waals surface area contributed by atoms with Crippen molar-refractivity contribution in [1.29, 1.82) is 0 Å². The number of rotatable bonds is 3. The van der Waals surface area contributed by atoms with Gasteiger partial charge < -0.3 is 4.74 Å². The Hall–Kier alpha value is -5.34. The molecular formula is C40H25BO. The number of fused-ring (bicyclic) bond motifs is 3. The molecule has 1 aliphatic heterocycles. The van der Waals surface area contributed by atoms with Gasteiger partial charge in [-0.25, -0.2) is 0 Å². The molecule has 0 radical (unpaired) electrons. The first-order valence-electron chi connectivity index (χ1n) is 14.6. The maximum absolute atomic E-state index is 6.82. The highest BCUT2D eigenvalue weighted by Crippen LogP contribution is 2.46. The van der Waals surface area contributed by atoms with Crippen molar-refractivity contribution in [2.75, 3.05) is 0 Å². The maximum atomic E-state index is 6.82. The second kappa shape index (κ2) is 9.09. The van der Waals surface area contributed by atoms with E-state index in [0.29, 0.717) is 0 Å². The topological polar surface area (TPSA) is 9.23 Å². The van der Waals surface area contributed by atoms with Crippen LogP contribution in [0.3, 0.4) is 0 Å². The van der Waals surface area contributed by atoms with E-state index in [4.69, 9.17) is 4.74 Å². The highest BCUT2D eigenvalue weighted by molar-refractivity contribution is 6.97. The summed E-state index contributed by atoms with van der Waals surface area (Å²) in [5, 5.41) is 7.52. The fourth-order valence-corrected chi connectivity index (χ4v) is 7.10. The lowest BCUT2D eigenvalue weighted by atomic mass is 9.35. The molecule has 0 saturated carbocycles. The summed E-state index contributed by atoms with van der Waals surface area (Å²) in [6.07, 6.45) is 0. The number of benzene rings is 8. The standard InChI is InChI=1S/C40H25BO/c1-4-12-26(13-5-1)33-25-34(27-14-6-2-7-15-27)31-22-23-32-38-28(20-21-30(33)39(31)38)24-36-40(32)42-37-19-11-10-18-35(37)41(36)29-16-8-3-9-17-29/h1-25H. The molecule has 0 fully saturated rings. The predicted octanol–water partition coefficient (Wildman–Crippen LogP) is 8.54. The van der Waals surface area contributed by atoms with E-state index in [2.05, 4.69) is 152 Å². The lowest BCUT2D eigenvalue weighted by molar-refractivity contribution is 0.493. The molecule has 0 saturated heterocycles. The van der Waals surface area contributed by atoms with Gasteiger partial charge in [-0.15, -0.1) is 0 Å². The van der Waals surface area contributed by atoms with Gasteiger partial charge in [-0.2, -0.15) is 0 Å². The van der Waals surface area contributed by atoms with Crippen LogP contribution in [-0.2, 0) is 0 Å². The summed E-state index contributed by atoms with van der Waals surface area (Å²) in [5.41, 5.74) is 8.66. The summed E-state index contributed by atoms with van der Waals surface area (Å²) in [6, 6.07) is 54.8. The van der Waals surface area contributed by atoms with Crippen LogP contribution in [0.15, 0.2) is 152 Å². The Morgan fingerprint density at radius 1 is 0.429 bits per heavy atom. The Bertz CT molecular complexity index is 2200. The monoisotopic (exact) mass is 532 g/mol. The summed E-state index contributed by atoms with van der Waals surface area (Å²) in [4.78, 5) is 0. The van der Waals surface area contributed by atoms with Gasteiger partial charge in [-0.3, -0.25) is 0 Å². The first-order valence-corrected chi connectivity index (χ1v) is 14.6. The number of hydrogen-bond donors (Lipinski definition) is 0.